The average molecular weight is 444 g/mol. The lowest BCUT2D eigenvalue weighted by molar-refractivity contribution is 0.463. The van der Waals surface area contributed by atoms with Gasteiger partial charge in [0.2, 0.25) is 5.88 Å². The van der Waals surface area contributed by atoms with Gasteiger partial charge in [0, 0.05) is 23.8 Å². The summed E-state index contributed by atoms with van der Waals surface area (Å²) >= 11 is 0. The molecule has 1 atom stereocenters. The number of ether oxygens (including phenoxy) is 1. The van der Waals surface area contributed by atoms with Crippen molar-refractivity contribution in [2.75, 3.05) is 0 Å². The number of hydrogen-bond donors (Lipinski definition) is 0. The highest BCUT2D eigenvalue weighted by Crippen LogP contribution is 2.32. The molecule has 0 amide bonds. The first-order chi connectivity index (χ1) is 16.6. The third-order valence-corrected chi connectivity index (χ3v) is 10.6. The van der Waals surface area contributed by atoms with Crippen LogP contribution in [0.3, 0.4) is 0 Å². The Hall–Kier alpha value is -4.02. The van der Waals surface area contributed by atoms with Crippen molar-refractivity contribution < 1.29 is 6.11 Å². The molecule has 6 rings (SSSR count). The number of fused-ring (bicyclic) bond motifs is 3. The van der Waals surface area contributed by atoms with Gasteiger partial charge in [0.15, 0.2) is 8.07 Å². The Bertz CT molecular complexity index is 1520. The Kier molecular flexibility index (Phi) is 4.40. The van der Waals surface area contributed by atoms with Gasteiger partial charge in [-0.2, -0.15) is 0 Å². The summed E-state index contributed by atoms with van der Waals surface area (Å²) in [4.78, 5) is 9.01. The van der Waals surface area contributed by atoms with Gasteiger partial charge in [-0.3, -0.25) is 4.98 Å². The molecule has 1 aliphatic heterocycles. The highest BCUT2D eigenvalue weighted by atomic mass is 28.3. The second kappa shape index (κ2) is 7.83. The van der Waals surface area contributed by atoms with Gasteiger partial charge in [-0.25, -0.2) is 4.98 Å². The minimum atomic E-state index is -2.43. The molecule has 0 saturated carbocycles. The third kappa shape index (κ3) is 3.27. The molecule has 3 aromatic carbocycles. The summed E-state index contributed by atoms with van der Waals surface area (Å²) in [5, 5.41) is 3.53. The van der Waals surface area contributed by atoms with Crippen LogP contribution in [0.4, 0.5) is 0 Å². The summed E-state index contributed by atoms with van der Waals surface area (Å²) in [6.07, 6.45) is 3.54. The van der Waals surface area contributed by atoms with E-state index in [1.54, 1.807) is 6.20 Å². The van der Waals surface area contributed by atoms with E-state index in [0.29, 0.717) is 11.9 Å². The molecule has 0 aliphatic carbocycles. The van der Waals surface area contributed by atoms with E-state index < -0.39 is 8.07 Å². The van der Waals surface area contributed by atoms with Crippen LogP contribution in [0, 0.1) is 0 Å². The molecule has 0 spiro atoms. The molecular weight excluding hydrogens is 420 g/mol. The Balaban J connectivity index is 1.48. The maximum Gasteiger partial charge on any atom is 0.219 e. The zero-order valence-corrected chi connectivity index (χ0v) is 19.2. The van der Waals surface area contributed by atoms with E-state index in [0.717, 1.165) is 22.2 Å². The third-order valence-electron chi connectivity index (χ3n) is 6.42. The molecule has 0 fully saturated rings. The van der Waals surface area contributed by atoms with E-state index in [9.17, 15) is 0 Å². The maximum atomic E-state index is 8.65. The van der Waals surface area contributed by atoms with Crippen LogP contribution in [-0.2, 0) is 0 Å². The van der Waals surface area contributed by atoms with Crippen LogP contribution in [-0.4, -0.2) is 18.0 Å². The summed E-state index contributed by atoms with van der Waals surface area (Å²) in [7, 11) is -2.43. The smallest absolute Gasteiger partial charge is 0.219 e. The van der Waals surface area contributed by atoms with Crippen LogP contribution in [0.5, 0.6) is 11.6 Å². The lowest BCUT2D eigenvalue weighted by atomic mass is 10.0. The lowest BCUT2D eigenvalue weighted by Crippen LogP contribution is -2.63. The second-order valence-corrected chi connectivity index (χ2v) is 12.2. The summed E-state index contributed by atoms with van der Waals surface area (Å²) < 4.78 is 14.6. The molecule has 3 nitrogen and oxygen atoms in total. The van der Waals surface area contributed by atoms with Gasteiger partial charge in [-0.15, -0.1) is 0 Å². The van der Waals surface area contributed by atoms with Crippen LogP contribution in [0.15, 0.2) is 115 Å². The summed E-state index contributed by atoms with van der Waals surface area (Å²) in [5.74, 6) is 1.32. The van der Waals surface area contributed by atoms with Crippen molar-refractivity contribution in [1.82, 2.24) is 9.97 Å². The molecule has 1 unspecified atom stereocenters. The number of aromatic nitrogens is 2. The van der Waals surface area contributed by atoms with E-state index >= 15 is 0 Å². The number of nitrogens with zero attached hydrogens (tertiary/aromatic N) is 2. The molecule has 0 saturated heterocycles. The van der Waals surface area contributed by atoms with Crippen molar-refractivity contribution in [3.05, 3.63) is 115 Å². The van der Waals surface area contributed by atoms with E-state index in [1.165, 1.54) is 21.5 Å². The number of hydrogen-bond acceptors (Lipinski definition) is 3. The van der Waals surface area contributed by atoms with E-state index in [4.69, 9.17) is 11.1 Å². The van der Waals surface area contributed by atoms with E-state index in [1.807, 2.05) is 54.7 Å². The molecule has 0 radical (unpaired) electrons. The molecule has 3 heterocycles. The largest absolute Gasteiger partial charge is 0.439 e. The van der Waals surface area contributed by atoms with Gasteiger partial charge in [0.25, 0.3) is 0 Å². The van der Waals surface area contributed by atoms with Crippen LogP contribution in [0.2, 0.25) is 6.55 Å². The first-order valence-corrected chi connectivity index (χ1v) is 13.5. The highest BCUT2D eigenvalue weighted by Gasteiger charge is 2.44. The zero-order valence-electron chi connectivity index (χ0n) is 19.2. The lowest BCUT2D eigenvalue weighted by Gasteiger charge is -2.24. The highest BCUT2D eigenvalue weighted by molar-refractivity contribution is 7.13. The van der Waals surface area contributed by atoms with Gasteiger partial charge >= 0.3 is 0 Å². The van der Waals surface area contributed by atoms with Crippen molar-refractivity contribution in [2.45, 2.75) is 6.55 Å². The minimum absolute atomic E-state index is 0.510. The van der Waals surface area contributed by atoms with Gasteiger partial charge in [-0.1, -0.05) is 73.3 Å². The fourth-order valence-corrected chi connectivity index (χ4v) is 8.68. The topological polar surface area (TPSA) is 35.0 Å². The van der Waals surface area contributed by atoms with Crippen LogP contribution >= 0.6 is 0 Å². The molecular formula is C29H22N2OSi. The zero-order chi connectivity index (χ0) is 23.1. The van der Waals surface area contributed by atoms with Gasteiger partial charge in [0.05, 0.1) is 1.37 Å². The normalized spacial score (nSPS) is 16.6. The van der Waals surface area contributed by atoms with Crippen LogP contribution in [0.1, 0.15) is 1.37 Å². The Morgan fingerprint density at radius 3 is 2.36 bits per heavy atom. The van der Waals surface area contributed by atoms with Gasteiger partial charge < -0.3 is 4.74 Å². The average Bonchev–Trinajstić information content (AvgIpc) is 3.14. The van der Waals surface area contributed by atoms with Crippen molar-refractivity contribution in [3.63, 3.8) is 0 Å². The molecule has 33 heavy (non-hydrogen) atoms. The quantitative estimate of drug-likeness (QED) is 0.366. The molecule has 0 bridgehead atoms. The molecule has 4 heteroatoms. The van der Waals surface area contributed by atoms with Crippen LogP contribution in [0.25, 0.3) is 22.3 Å². The first-order valence-electron chi connectivity index (χ1n) is 11.5. The molecule has 0 N–H and O–H groups in total. The minimum Gasteiger partial charge on any atom is -0.439 e. The van der Waals surface area contributed by atoms with Crippen molar-refractivity contribution in [3.8, 4) is 33.9 Å². The summed E-state index contributed by atoms with van der Waals surface area (Å²) in [6, 6.07) is 33.2. The van der Waals surface area contributed by atoms with E-state index in [-0.39, 0.29) is 0 Å². The number of rotatable bonds is 4. The fourth-order valence-electron chi connectivity index (χ4n) is 4.79. The molecule has 1 aliphatic rings. The Morgan fingerprint density at radius 2 is 1.48 bits per heavy atom. The first kappa shape index (κ1) is 18.5. The van der Waals surface area contributed by atoms with Gasteiger partial charge in [-0.05, 0) is 62.9 Å². The number of benzene rings is 3. The van der Waals surface area contributed by atoms with Crippen LogP contribution < -0.4 is 20.4 Å². The fraction of sp³-hybridized carbons (Fsp3) is 0.0345. The Labute approximate surface area is 195 Å². The predicted octanol–water partition coefficient (Wildman–Crippen LogP) is 5.02. The number of pyridine rings is 2. The monoisotopic (exact) mass is 443 g/mol. The molecule has 5 aromatic rings. The predicted molar refractivity (Wildman–Crippen MR) is 136 cm³/mol. The van der Waals surface area contributed by atoms with Crippen molar-refractivity contribution in [1.29, 1.82) is 0 Å². The molecule has 2 aromatic heterocycles. The van der Waals surface area contributed by atoms with E-state index in [2.05, 4.69) is 60.1 Å². The Morgan fingerprint density at radius 1 is 0.697 bits per heavy atom. The maximum absolute atomic E-state index is 8.65. The second-order valence-electron chi connectivity index (χ2n) is 8.36. The molecule has 158 valence electrons. The summed E-state index contributed by atoms with van der Waals surface area (Å²) in [5.41, 5.74) is 4.71. The standard InChI is InChI=1S/C29H22N2OSi/c1-33(29-14-5-7-18-31-29)26-12-3-2-11-24(26)25-16-15-22(20-27(25)33)21-9-8-10-23(19-21)32-28-13-4-6-17-30-28/h2-20H,1H3/i14D. The van der Waals surface area contributed by atoms with Crippen molar-refractivity contribution >= 4 is 23.8 Å². The SMILES string of the molecule is [2H]c1cccnc1[Si]1(C)c2ccccc2-c2ccc(-c3cccc(Oc4ccccn4)c3)cc21. The summed E-state index contributed by atoms with van der Waals surface area (Å²) in [6.45, 7) is 2.32. The van der Waals surface area contributed by atoms with Gasteiger partial charge in [0.1, 0.15) is 5.75 Å². The van der Waals surface area contributed by atoms with Crippen molar-refractivity contribution in [2.24, 2.45) is 0 Å².